The third-order valence-corrected chi connectivity index (χ3v) is 4.12. The zero-order valence-electron chi connectivity index (χ0n) is 13.5. The third-order valence-electron chi connectivity index (χ3n) is 4.12. The monoisotopic (exact) mass is 292 g/mol. The van der Waals surface area contributed by atoms with Crippen LogP contribution in [-0.2, 0) is 6.54 Å². The van der Waals surface area contributed by atoms with Gasteiger partial charge in [0.05, 0.1) is 14.2 Å². The second-order valence-electron chi connectivity index (χ2n) is 5.82. The van der Waals surface area contributed by atoms with Gasteiger partial charge in [-0.2, -0.15) is 0 Å². The van der Waals surface area contributed by atoms with E-state index in [0.717, 1.165) is 24.6 Å². The first-order chi connectivity index (χ1) is 10.2. The number of rotatable bonds is 7. The Hall–Kier alpha value is -1.26. The Bertz CT molecular complexity index is 431. The van der Waals surface area contributed by atoms with Crippen molar-refractivity contribution in [2.45, 2.75) is 38.8 Å². The summed E-state index contributed by atoms with van der Waals surface area (Å²) < 4.78 is 10.7. The molecular formula is C17H28N2O2. The molecule has 1 atom stereocenters. The Morgan fingerprint density at radius 1 is 1.14 bits per heavy atom. The molecule has 1 unspecified atom stereocenters. The second-order valence-corrected chi connectivity index (χ2v) is 5.82. The van der Waals surface area contributed by atoms with E-state index in [2.05, 4.69) is 23.2 Å². The summed E-state index contributed by atoms with van der Waals surface area (Å²) in [5.74, 6) is 1.71. The minimum absolute atomic E-state index is 0.481. The molecule has 0 aromatic heterocycles. The average Bonchev–Trinajstić information content (AvgIpc) is 2.53. The molecule has 1 saturated heterocycles. The Morgan fingerprint density at radius 3 is 2.57 bits per heavy atom. The minimum atomic E-state index is 0.481. The van der Waals surface area contributed by atoms with Crippen LogP contribution in [0.25, 0.3) is 0 Å². The Morgan fingerprint density at radius 2 is 1.90 bits per heavy atom. The number of hydrogen-bond donors (Lipinski definition) is 1. The number of piperidine rings is 1. The van der Waals surface area contributed by atoms with Crippen molar-refractivity contribution in [2.75, 3.05) is 33.9 Å². The molecule has 0 radical (unpaired) electrons. The van der Waals surface area contributed by atoms with Gasteiger partial charge in [0.2, 0.25) is 0 Å². The number of nitrogens with zero attached hydrogens (tertiary/aromatic N) is 1. The van der Waals surface area contributed by atoms with Crippen LogP contribution in [0.3, 0.4) is 0 Å². The maximum Gasteiger partial charge on any atom is 0.127 e. The zero-order chi connectivity index (χ0) is 15.1. The van der Waals surface area contributed by atoms with E-state index in [1.54, 1.807) is 14.2 Å². The van der Waals surface area contributed by atoms with E-state index < -0.39 is 0 Å². The number of nitrogens with one attached hydrogen (secondary N) is 1. The number of likely N-dealkylation sites (tertiary alicyclic amines) is 1. The maximum atomic E-state index is 5.44. The van der Waals surface area contributed by atoms with Gasteiger partial charge in [-0.25, -0.2) is 0 Å². The van der Waals surface area contributed by atoms with E-state index in [9.17, 15) is 0 Å². The molecule has 21 heavy (non-hydrogen) atoms. The SMILES string of the molecule is COc1ccc(CNC(C)CN2CCCCC2)c(OC)c1. The summed E-state index contributed by atoms with van der Waals surface area (Å²) in [6.07, 6.45) is 4.08. The van der Waals surface area contributed by atoms with Gasteiger partial charge < -0.3 is 19.7 Å². The average molecular weight is 292 g/mol. The van der Waals surface area contributed by atoms with Gasteiger partial charge in [0.25, 0.3) is 0 Å². The van der Waals surface area contributed by atoms with Crippen LogP contribution in [0.1, 0.15) is 31.7 Å². The van der Waals surface area contributed by atoms with E-state index >= 15 is 0 Å². The lowest BCUT2D eigenvalue weighted by Gasteiger charge is -2.29. The summed E-state index contributed by atoms with van der Waals surface area (Å²) in [6, 6.07) is 6.47. The van der Waals surface area contributed by atoms with Crippen molar-refractivity contribution in [3.63, 3.8) is 0 Å². The molecule has 1 fully saturated rings. The van der Waals surface area contributed by atoms with E-state index in [1.807, 2.05) is 12.1 Å². The van der Waals surface area contributed by atoms with Gasteiger partial charge in [-0.3, -0.25) is 0 Å². The molecular weight excluding hydrogens is 264 g/mol. The molecule has 0 saturated carbocycles. The van der Waals surface area contributed by atoms with Crippen molar-refractivity contribution in [2.24, 2.45) is 0 Å². The summed E-state index contributed by atoms with van der Waals surface area (Å²) >= 11 is 0. The lowest BCUT2D eigenvalue weighted by Crippen LogP contribution is -2.41. The van der Waals surface area contributed by atoms with Crippen LogP contribution < -0.4 is 14.8 Å². The Balaban J connectivity index is 1.83. The van der Waals surface area contributed by atoms with Gasteiger partial charge >= 0.3 is 0 Å². The highest BCUT2D eigenvalue weighted by molar-refractivity contribution is 5.40. The first-order valence-electron chi connectivity index (χ1n) is 7.89. The van der Waals surface area contributed by atoms with E-state index in [4.69, 9.17) is 9.47 Å². The van der Waals surface area contributed by atoms with Crippen molar-refractivity contribution in [3.05, 3.63) is 23.8 Å². The smallest absolute Gasteiger partial charge is 0.127 e. The fourth-order valence-corrected chi connectivity index (χ4v) is 2.88. The number of methoxy groups -OCH3 is 2. The van der Waals surface area contributed by atoms with Crippen LogP contribution in [0.5, 0.6) is 11.5 Å². The summed E-state index contributed by atoms with van der Waals surface area (Å²) in [6.45, 7) is 6.70. The van der Waals surface area contributed by atoms with Crippen molar-refractivity contribution >= 4 is 0 Å². The van der Waals surface area contributed by atoms with Crippen LogP contribution in [-0.4, -0.2) is 44.8 Å². The summed E-state index contributed by atoms with van der Waals surface area (Å²) in [4.78, 5) is 2.56. The van der Waals surface area contributed by atoms with Crippen molar-refractivity contribution in [1.82, 2.24) is 10.2 Å². The maximum absolute atomic E-state index is 5.44. The summed E-state index contributed by atoms with van der Waals surface area (Å²) in [5.41, 5.74) is 1.17. The predicted molar refractivity (Wildman–Crippen MR) is 86.1 cm³/mol. The fraction of sp³-hybridized carbons (Fsp3) is 0.647. The highest BCUT2D eigenvalue weighted by Crippen LogP contribution is 2.24. The van der Waals surface area contributed by atoms with E-state index in [-0.39, 0.29) is 0 Å². The normalized spacial score (nSPS) is 17.5. The molecule has 1 aromatic carbocycles. The molecule has 1 heterocycles. The lowest BCUT2D eigenvalue weighted by molar-refractivity contribution is 0.208. The molecule has 118 valence electrons. The molecule has 4 nitrogen and oxygen atoms in total. The molecule has 0 spiro atoms. The van der Waals surface area contributed by atoms with Crippen molar-refractivity contribution < 1.29 is 9.47 Å². The molecule has 2 rings (SSSR count). The Kier molecular flexibility index (Phi) is 6.33. The molecule has 0 bridgehead atoms. The summed E-state index contributed by atoms with van der Waals surface area (Å²) in [7, 11) is 3.38. The van der Waals surface area contributed by atoms with Crippen molar-refractivity contribution in [1.29, 1.82) is 0 Å². The van der Waals surface area contributed by atoms with Gasteiger partial charge in [0.15, 0.2) is 0 Å². The quantitative estimate of drug-likeness (QED) is 0.838. The number of benzene rings is 1. The third kappa shape index (κ3) is 4.90. The van der Waals surface area contributed by atoms with Crippen LogP contribution in [0.4, 0.5) is 0 Å². The lowest BCUT2D eigenvalue weighted by atomic mass is 10.1. The van der Waals surface area contributed by atoms with Crippen LogP contribution in [0, 0.1) is 0 Å². The number of ether oxygens (including phenoxy) is 2. The molecule has 1 N–H and O–H groups in total. The number of hydrogen-bond acceptors (Lipinski definition) is 4. The topological polar surface area (TPSA) is 33.7 Å². The van der Waals surface area contributed by atoms with Gasteiger partial charge in [0, 0.05) is 30.8 Å². The van der Waals surface area contributed by atoms with Gasteiger partial charge in [-0.05, 0) is 38.9 Å². The highest BCUT2D eigenvalue weighted by atomic mass is 16.5. The zero-order valence-corrected chi connectivity index (χ0v) is 13.5. The van der Waals surface area contributed by atoms with E-state index in [1.165, 1.54) is 37.9 Å². The molecule has 1 aliphatic rings. The molecule has 0 aliphatic carbocycles. The fourth-order valence-electron chi connectivity index (χ4n) is 2.88. The second kappa shape index (κ2) is 8.25. The van der Waals surface area contributed by atoms with Crippen molar-refractivity contribution in [3.8, 4) is 11.5 Å². The first-order valence-corrected chi connectivity index (χ1v) is 7.89. The van der Waals surface area contributed by atoms with Gasteiger partial charge in [0.1, 0.15) is 11.5 Å². The van der Waals surface area contributed by atoms with Crippen LogP contribution in [0.15, 0.2) is 18.2 Å². The largest absolute Gasteiger partial charge is 0.497 e. The molecule has 0 amide bonds. The Labute approximate surface area is 128 Å². The molecule has 4 heteroatoms. The first kappa shape index (κ1) is 16.1. The van der Waals surface area contributed by atoms with Gasteiger partial charge in [-0.15, -0.1) is 0 Å². The predicted octanol–water partition coefficient (Wildman–Crippen LogP) is 2.67. The highest BCUT2D eigenvalue weighted by Gasteiger charge is 2.13. The van der Waals surface area contributed by atoms with Gasteiger partial charge in [-0.1, -0.05) is 12.5 Å². The molecule has 1 aromatic rings. The standard InChI is InChI=1S/C17H28N2O2/c1-14(13-19-9-5-4-6-10-19)18-12-15-7-8-16(20-2)11-17(15)21-3/h7-8,11,14,18H,4-6,9-10,12-13H2,1-3H3. The van der Waals surface area contributed by atoms with Crippen LogP contribution in [0.2, 0.25) is 0 Å². The van der Waals surface area contributed by atoms with Crippen LogP contribution >= 0.6 is 0 Å². The molecule has 1 aliphatic heterocycles. The minimum Gasteiger partial charge on any atom is -0.497 e. The van der Waals surface area contributed by atoms with E-state index in [0.29, 0.717) is 6.04 Å². The summed E-state index contributed by atoms with van der Waals surface area (Å²) in [5, 5.41) is 3.60.